The highest BCUT2D eigenvalue weighted by molar-refractivity contribution is 7.98. The average molecular weight is 250 g/mol. The van der Waals surface area contributed by atoms with Crippen LogP contribution in [0.3, 0.4) is 0 Å². The number of carboxylic acids is 1. The van der Waals surface area contributed by atoms with E-state index in [1.807, 2.05) is 30.5 Å². The number of carbonyl (C=O) groups excluding carboxylic acids is 2. The highest BCUT2D eigenvalue weighted by Crippen LogP contribution is 2.27. The normalized spacial score (nSPS) is 19.7. The Labute approximate surface area is 104 Å². The number of benzene rings is 1. The fourth-order valence-corrected chi connectivity index (χ4v) is 2.35. The molecule has 1 fully saturated rings. The Morgan fingerprint density at radius 2 is 2.29 bits per heavy atom. The molecule has 2 rings (SSSR count). The third kappa shape index (κ3) is 2.44. The number of hydrogen-bond donors (Lipinski definition) is 0. The van der Waals surface area contributed by atoms with E-state index in [2.05, 4.69) is 0 Å². The van der Waals surface area contributed by atoms with Crippen LogP contribution < -0.4 is 10.0 Å². The lowest BCUT2D eigenvalue weighted by Crippen LogP contribution is -2.33. The van der Waals surface area contributed by atoms with Crippen LogP contribution in [0.4, 0.5) is 5.69 Å². The minimum atomic E-state index is -1.15. The Morgan fingerprint density at radius 3 is 2.88 bits per heavy atom. The molecule has 1 aliphatic rings. The van der Waals surface area contributed by atoms with Gasteiger partial charge in [0.25, 0.3) is 0 Å². The van der Waals surface area contributed by atoms with Crippen LogP contribution in [0.25, 0.3) is 0 Å². The van der Waals surface area contributed by atoms with Crippen molar-refractivity contribution in [3.05, 3.63) is 24.3 Å². The van der Waals surface area contributed by atoms with Crippen molar-refractivity contribution in [2.24, 2.45) is 5.92 Å². The van der Waals surface area contributed by atoms with Crippen LogP contribution in [-0.2, 0) is 9.59 Å². The van der Waals surface area contributed by atoms with E-state index in [0.717, 1.165) is 10.6 Å². The highest BCUT2D eigenvalue weighted by Gasteiger charge is 2.31. The summed E-state index contributed by atoms with van der Waals surface area (Å²) in [6.07, 6.45) is 1.99. The zero-order valence-corrected chi connectivity index (χ0v) is 10.2. The maximum atomic E-state index is 11.7. The summed E-state index contributed by atoms with van der Waals surface area (Å²) >= 11 is 1.58. The minimum Gasteiger partial charge on any atom is -0.550 e. The molecule has 1 heterocycles. The lowest BCUT2D eigenvalue weighted by atomic mass is 10.1. The molecule has 1 aromatic carbocycles. The van der Waals surface area contributed by atoms with E-state index in [0.29, 0.717) is 0 Å². The lowest BCUT2D eigenvalue weighted by Gasteiger charge is -2.17. The van der Waals surface area contributed by atoms with Crippen molar-refractivity contribution in [2.75, 3.05) is 17.7 Å². The molecule has 0 N–H and O–H groups in total. The van der Waals surface area contributed by atoms with Gasteiger partial charge < -0.3 is 14.8 Å². The van der Waals surface area contributed by atoms with Gasteiger partial charge in [0.15, 0.2) is 0 Å². The molecule has 0 aromatic heterocycles. The van der Waals surface area contributed by atoms with E-state index in [1.165, 1.54) is 4.90 Å². The van der Waals surface area contributed by atoms with E-state index in [4.69, 9.17) is 0 Å². The summed E-state index contributed by atoms with van der Waals surface area (Å²) in [7, 11) is 0. The largest absolute Gasteiger partial charge is 0.550 e. The zero-order chi connectivity index (χ0) is 12.4. The number of carboxylic acid groups (broad SMARTS) is 1. The Hall–Kier alpha value is -1.49. The second-order valence-electron chi connectivity index (χ2n) is 3.93. The molecule has 0 saturated carbocycles. The van der Waals surface area contributed by atoms with Crippen molar-refractivity contribution in [2.45, 2.75) is 11.3 Å². The third-order valence-corrected chi connectivity index (χ3v) is 3.55. The zero-order valence-electron chi connectivity index (χ0n) is 9.38. The van der Waals surface area contributed by atoms with Gasteiger partial charge in [0.1, 0.15) is 0 Å². The molecule has 4 nitrogen and oxygen atoms in total. The van der Waals surface area contributed by atoms with Gasteiger partial charge in [0.2, 0.25) is 5.91 Å². The number of aliphatic carboxylic acids is 1. The van der Waals surface area contributed by atoms with Crippen molar-refractivity contribution >= 4 is 29.3 Å². The highest BCUT2D eigenvalue weighted by atomic mass is 32.2. The Bertz CT molecular complexity index is 461. The van der Waals surface area contributed by atoms with Gasteiger partial charge in [-0.1, -0.05) is 6.07 Å². The predicted octanol–water partition coefficient (Wildman–Crippen LogP) is 0.511. The summed E-state index contributed by atoms with van der Waals surface area (Å²) in [6, 6.07) is 7.52. The molecule has 0 bridgehead atoms. The quantitative estimate of drug-likeness (QED) is 0.733. The summed E-state index contributed by atoms with van der Waals surface area (Å²) in [5.74, 6) is -2.00. The summed E-state index contributed by atoms with van der Waals surface area (Å²) in [6.45, 7) is 0.207. The van der Waals surface area contributed by atoms with E-state index < -0.39 is 11.9 Å². The number of anilines is 1. The SMILES string of the molecule is CSc1cccc(N2C[C@@H](C(=O)[O-])CC2=O)c1. The smallest absolute Gasteiger partial charge is 0.227 e. The maximum absolute atomic E-state index is 11.7. The first kappa shape index (κ1) is 12.0. The number of nitrogens with zero attached hydrogens (tertiary/aromatic N) is 1. The van der Waals surface area contributed by atoms with E-state index in [1.54, 1.807) is 11.8 Å². The maximum Gasteiger partial charge on any atom is 0.227 e. The van der Waals surface area contributed by atoms with Gasteiger partial charge in [0.05, 0.1) is 0 Å². The van der Waals surface area contributed by atoms with Gasteiger partial charge >= 0.3 is 0 Å². The van der Waals surface area contributed by atoms with Gasteiger partial charge in [-0.3, -0.25) is 4.79 Å². The van der Waals surface area contributed by atoms with Crippen LogP contribution in [-0.4, -0.2) is 24.7 Å². The minimum absolute atomic E-state index is 0.0336. The van der Waals surface area contributed by atoms with Crippen LogP contribution in [0, 0.1) is 5.92 Å². The molecule has 0 unspecified atom stereocenters. The van der Waals surface area contributed by atoms with Crippen molar-refractivity contribution in [1.29, 1.82) is 0 Å². The van der Waals surface area contributed by atoms with Gasteiger partial charge in [-0.25, -0.2) is 0 Å². The monoisotopic (exact) mass is 250 g/mol. The first-order valence-corrected chi connectivity index (χ1v) is 6.49. The molecule has 1 amide bonds. The summed E-state index contributed by atoms with van der Waals surface area (Å²) < 4.78 is 0. The molecular formula is C12H12NO3S-. The molecule has 5 heteroatoms. The van der Waals surface area contributed by atoms with Crippen molar-refractivity contribution in [3.8, 4) is 0 Å². The molecule has 1 atom stereocenters. The van der Waals surface area contributed by atoms with Crippen molar-refractivity contribution < 1.29 is 14.7 Å². The van der Waals surface area contributed by atoms with E-state index in [-0.39, 0.29) is 18.9 Å². The van der Waals surface area contributed by atoms with Crippen molar-refractivity contribution in [3.63, 3.8) is 0 Å². The summed E-state index contributed by atoms with van der Waals surface area (Å²) in [5.41, 5.74) is 0.755. The number of hydrogen-bond acceptors (Lipinski definition) is 4. The number of carbonyl (C=O) groups is 2. The Balaban J connectivity index is 2.22. The number of amides is 1. The van der Waals surface area contributed by atoms with E-state index >= 15 is 0 Å². The molecular weight excluding hydrogens is 238 g/mol. The molecule has 1 saturated heterocycles. The molecule has 17 heavy (non-hydrogen) atoms. The number of rotatable bonds is 3. The Morgan fingerprint density at radius 1 is 1.53 bits per heavy atom. The fraction of sp³-hybridized carbons (Fsp3) is 0.333. The second kappa shape index (κ2) is 4.79. The van der Waals surface area contributed by atoms with Crippen LogP contribution >= 0.6 is 11.8 Å². The Kier molecular flexibility index (Phi) is 3.38. The molecule has 90 valence electrons. The van der Waals surface area contributed by atoms with Gasteiger partial charge in [-0.15, -0.1) is 11.8 Å². The molecule has 1 aromatic rings. The second-order valence-corrected chi connectivity index (χ2v) is 4.81. The van der Waals surface area contributed by atoms with Crippen LogP contribution in [0.2, 0.25) is 0 Å². The van der Waals surface area contributed by atoms with E-state index in [9.17, 15) is 14.7 Å². The molecule has 0 radical (unpaired) electrons. The van der Waals surface area contributed by atoms with Crippen LogP contribution in [0.15, 0.2) is 29.2 Å². The molecule has 1 aliphatic heterocycles. The van der Waals surface area contributed by atoms with Crippen LogP contribution in [0.1, 0.15) is 6.42 Å². The predicted molar refractivity (Wildman–Crippen MR) is 63.7 cm³/mol. The van der Waals surface area contributed by atoms with Gasteiger partial charge in [0, 0.05) is 35.4 Å². The summed E-state index contributed by atoms with van der Waals surface area (Å²) in [5, 5.41) is 10.8. The molecule has 0 aliphatic carbocycles. The lowest BCUT2D eigenvalue weighted by molar-refractivity contribution is -0.310. The first-order valence-electron chi connectivity index (χ1n) is 5.27. The van der Waals surface area contributed by atoms with Crippen molar-refractivity contribution in [1.82, 2.24) is 0 Å². The third-order valence-electron chi connectivity index (χ3n) is 2.82. The topological polar surface area (TPSA) is 60.4 Å². The number of thioether (sulfide) groups is 1. The molecule has 0 spiro atoms. The standard InChI is InChI=1S/C12H13NO3S/c1-17-10-4-2-3-9(6-10)13-7-8(12(15)16)5-11(13)14/h2-4,6,8H,5,7H2,1H3,(H,15,16)/p-1/t8-/m0/s1. The fourth-order valence-electron chi connectivity index (χ4n) is 1.89. The van der Waals surface area contributed by atoms with Crippen LogP contribution in [0.5, 0.6) is 0 Å². The average Bonchev–Trinajstić information content (AvgIpc) is 2.72. The first-order chi connectivity index (χ1) is 8.11. The van der Waals surface area contributed by atoms with Gasteiger partial charge in [-0.2, -0.15) is 0 Å². The summed E-state index contributed by atoms with van der Waals surface area (Å²) in [4.78, 5) is 25.0. The van der Waals surface area contributed by atoms with Gasteiger partial charge in [-0.05, 0) is 24.5 Å².